The van der Waals surface area contributed by atoms with Gasteiger partial charge in [0, 0.05) is 31.2 Å². The van der Waals surface area contributed by atoms with Crippen LogP contribution in [0.5, 0.6) is 11.6 Å². The van der Waals surface area contributed by atoms with Gasteiger partial charge in [0.1, 0.15) is 22.6 Å². The second kappa shape index (κ2) is 12.7. The molecule has 3 aromatic rings. The normalized spacial score (nSPS) is 15.1. The fourth-order valence-electron chi connectivity index (χ4n) is 4.12. The molecular formula is C28H28ClFN2O7S. The fourth-order valence-corrected chi connectivity index (χ4v) is 6.01. The highest BCUT2D eigenvalue weighted by molar-refractivity contribution is 7.93. The van der Waals surface area contributed by atoms with Gasteiger partial charge in [-0.05, 0) is 60.9 Å². The summed E-state index contributed by atoms with van der Waals surface area (Å²) < 4.78 is 55.2. The number of anilines is 1. The van der Waals surface area contributed by atoms with E-state index in [1.165, 1.54) is 30.5 Å². The number of halogens is 2. The van der Waals surface area contributed by atoms with Crippen molar-refractivity contribution >= 4 is 45.4 Å². The van der Waals surface area contributed by atoms with Gasteiger partial charge in [-0.3, -0.25) is 9.10 Å². The molecule has 1 aliphatic heterocycles. The van der Waals surface area contributed by atoms with Gasteiger partial charge in [0.15, 0.2) is 0 Å². The van der Waals surface area contributed by atoms with Crippen LogP contribution in [0, 0.1) is 12.7 Å². The first kappa shape index (κ1) is 29.3. The second-order valence-corrected chi connectivity index (χ2v) is 11.4. The Morgan fingerprint density at radius 2 is 2.08 bits per heavy atom. The number of nitrogens with zero attached hydrogens (tertiary/aromatic N) is 2. The number of hydrogen-bond acceptors (Lipinski definition) is 7. The van der Waals surface area contributed by atoms with Crippen LogP contribution in [0.2, 0.25) is 5.02 Å². The average molecular weight is 591 g/mol. The number of aliphatic hydroxyl groups excluding tert-OH is 1. The zero-order valence-corrected chi connectivity index (χ0v) is 23.2. The maximum atomic E-state index is 14.3. The van der Waals surface area contributed by atoms with E-state index >= 15 is 0 Å². The number of aliphatic carboxylic acids is 1. The van der Waals surface area contributed by atoms with Crippen LogP contribution in [0.25, 0.3) is 12.2 Å². The average Bonchev–Trinajstić information content (AvgIpc) is 2.92. The van der Waals surface area contributed by atoms with Crippen molar-refractivity contribution in [2.75, 3.05) is 24.1 Å². The van der Waals surface area contributed by atoms with E-state index < -0.39 is 27.9 Å². The smallest absolute Gasteiger partial charge is 0.303 e. The van der Waals surface area contributed by atoms with Crippen LogP contribution in [-0.2, 0) is 14.8 Å². The number of aliphatic hydroxyl groups is 1. The number of carbonyl (C=O) groups is 1. The summed E-state index contributed by atoms with van der Waals surface area (Å²) in [7, 11) is -4.28. The Hall–Kier alpha value is -3.67. The number of aryl methyl sites for hydroxylation is 1. The highest BCUT2D eigenvalue weighted by atomic mass is 35.5. The third-order valence-electron chi connectivity index (χ3n) is 6.10. The van der Waals surface area contributed by atoms with Crippen LogP contribution in [0.3, 0.4) is 0 Å². The predicted octanol–water partition coefficient (Wildman–Crippen LogP) is 4.94. The largest absolute Gasteiger partial charge is 0.486 e. The number of pyridine rings is 1. The van der Waals surface area contributed by atoms with E-state index in [-0.39, 0.29) is 71.8 Å². The number of hydrogen-bond donors (Lipinski definition) is 2. The molecule has 2 aromatic carbocycles. The monoisotopic (exact) mass is 590 g/mol. The minimum atomic E-state index is -4.28. The standard InChI is InChI=1S/C28H28ClFN2O7S/c1-18-14-26(28(31-16-18)38-13-3-12-33)40(36,37)32-17-20(8-11-27(34)35)39-25-10-7-19(15-24(25)32)6-9-21-22(29)4-2-5-23(21)30/h2,4-7,9-10,14-16,20,33H,3,8,11-13,17H2,1H3,(H,34,35)/b9-6+/t20-/m0/s1. The van der Waals surface area contributed by atoms with E-state index in [1.807, 2.05) is 0 Å². The number of carboxylic acid groups (broad SMARTS) is 1. The van der Waals surface area contributed by atoms with Gasteiger partial charge in [0.05, 0.1) is 23.9 Å². The molecule has 0 saturated carbocycles. The lowest BCUT2D eigenvalue weighted by atomic mass is 10.1. The molecule has 0 fully saturated rings. The van der Waals surface area contributed by atoms with E-state index in [4.69, 9.17) is 31.3 Å². The first-order valence-corrected chi connectivity index (χ1v) is 14.3. The minimum absolute atomic E-state index is 0.0591. The van der Waals surface area contributed by atoms with E-state index in [0.717, 1.165) is 4.31 Å². The summed E-state index contributed by atoms with van der Waals surface area (Å²) in [6, 6.07) is 10.6. The van der Waals surface area contributed by atoms with E-state index in [0.29, 0.717) is 11.1 Å². The van der Waals surface area contributed by atoms with Crippen molar-refractivity contribution in [1.29, 1.82) is 0 Å². The van der Waals surface area contributed by atoms with Gasteiger partial charge in [0.25, 0.3) is 10.0 Å². The lowest BCUT2D eigenvalue weighted by Gasteiger charge is -2.35. The highest BCUT2D eigenvalue weighted by Crippen LogP contribution is 2.40. The topological polar surface area (TPSA) is 126 Å². The molecule has 40 heavy (non-hydrogen) atoms. The number of aromatic nitrogens is 1. The molecule has 2 heterocycles. The zero-order chi connectivity index (χ0) is 28.9. The Morgan fingerprint density at radius 1 is 1.27 bits per heavy atom. The highest BCUT2D eigenvalue weighted by Gasteiger charge is 2.37. The fraction of sp³-hybridized carbons (Fsp3) is 0.286. The summed E-state index contributed by atoms with van der Waals surface area (Å²) in [6.07, 6.45) is 4.01. The number of rotatable bonds is 11. The second-order valence-electron chi connectivity index (χ2n) is 9.15. The van der Waals surface area contributed by atoms with Crippen molar-refractivity contribution < 1.29 is 37.3 Å². The molecule has 12 heteroatoms. The number of carboxylic acids is 1. The molecule has 1 aromatic heterocycles. The molecule has 0 amide bonds. The summed E-state index contributed by atoms with van der Waals surface area (Å²) in [4.78, 5) is 15.2. The van der Waals surface area contributed by atoms with Gasteiger partial charge in [-0.25, -0.2) is 17.8 Å². The van der Waals surface area contributed by atoms with Crippen molar-refractivity contribution in [2.45, 2.75) is 37.2 Å². The van der Waals surface area contributed by atoms with Gasteiger partial charge in [-0.15, -0.1) is 0 Å². The Balaban J connectivity index is 1.77. The number of ether oxygens (including phenoxy) is 2. The molecule has 0 unspecified atom stereocenters. The maximum absolute atomic E-state index is 14.3. The molecule has 212 valence electrons. The van der Waals surface area contributed by atoms with Crippen molar-refractivity contribution in [3.05, 3.63) is 76.2 Å². The summed E-state index contributed by atoms with van der Waals surface area (Å²) in [5.74, 6) is -1.40. The van der Waals surface area contributed by atoms with Crippen molar-refractivity contribution in [3.63, 3.8) is 0 Å². The third kappa shape index (κ3) is 6.72. The third-order valence-corrected chi connectivity index (χ3v) is 8.21. The zero-order valence-electron chi connectivity index (χ0n) is 21.6. The molecule has 1 atom stereocenters. The van der Waals surface area contributed by atoms with Crippen molar-refractivity contribution in [2.24, 2.45) is 0 Å². The lowest BCUT2D eigenvalue weighted by molar-refractivity contribution is -0.137. The Bertz CT molecular complexity index is 1510. The molecule has 4 rings (SSSR count). The van der Waals surface area contributed by atoms with Crippen LogP contribution in [0.15, 0.2) is 53.6 Å². The molecular weight excluding hydrogens is 563 g/mol. The van der Waals surface area contributed by atoms with Crippen LogP contribution >= 0.6 is 11.6 Å². The van der Waals surface area contributed by atoms with Crippen LogP contribution in [-0.4, -0.2) is 55.4 Å². The van der Waals surface area contributed by atoms with Crippen LogP contribution in [0.4, 0.5) is 10.1 Å². The van der Waals surface area contributed by atoms with Gasteiger partial charge < -0.3 is 19.7 Å². The summed E-state index contributed by atoms with van der Waals surface area (Å²) in [5, 5.41) is 18.5. The molecule has 2 N–H and O–H groups in total. The van der Waals surface area contributed by atoms with Crippen molar-refractivity contribution in [1.82, 2.24) is 4.98 Å². The van der Waals surface area contributed by atoms with Gasteiger partial charge >= 0.3 is 5.97 Å². The molecule has 1 aliphatic rings. The number of benzene rings is 2. The molecule has 0 aliphatic carbocycles. The first-order chi connectivity index (χ1) is 19.1. The van der Waals surface area contributed by atoms with Gasteiger partial charge in [-0.2, -0.15) is 0 Å². The van der Waals surface area contributed by atoms with E-state index in [9.17, 15) is 17.6 Å². The Labute approximate surface area is 236 Å². The van der Waals surface area contributed by atoms with E-state index in [1.54, 1.807) is 37.3 Å². The van der Waals surface area contributed by atoms with Crippen LogP contribution < -0.4 is 13.8 Å². The first-order valence-electron chi connectivity index (χ1n) is 12.5. The quantitative estimate of drug-likeness (QED) is 0.238. The molecule has 0 radical (unpaired) electrons. The molecule has 0 saturated heterocycles. The van der Waals surface area contributed by atoms with Crippen molar-refractivity contribution in [3.8, 4) is 11.6 Å². The predicted molar refractivity (Wildman–Crippen MR) is 149 cm³/mol. The summed E-state index contributed by atoms with van der Waals surface area (Å²) in [6.45, 7) is 1.47. The van der Waals surface area contributed by atoms with Gasteiger partial charge in [-0.1, -0.05) is 29.8 Å². The SMILES string of the molecule is Cc1cnc(OCCCO)c(S(=O)(=O)N2C[C@H](CCC(=O)O)Oc3ccc(/C=C/c4c(F)cccc4Cl)cc32)c1. The molecule has 0 spiro atoms. The molecule has 9 nitrogen and oxygen atoms in total. The Morgan fingerprint density at radius 3 is 2.80 bits per heavy atom. The summed E-state index contributed by atoms with van der Waals surface area (Å²) >= 11 is 6.13. The van der Waals surface area contributed by atoms with Crippen LogP contribution in [0.1, 0.15) is 36.0 Å². The Kier molecular flexibility index (Phi) is 9.28. The summed E-state index contributed by atoms with van der Waals surface area (Å²) in [5.41, 5.74) is 1.54. The number of fused-ring (bicyclic) bond motifs is 1. The minimum Gasteiger partial charge on any atom is -0.486 e. The molecule has 0 bridgehead atoms. The van der Waals surface area contributed by atoms with E-state index in [2.05, 4.69) is 4.98 Å². The lowest BCUT2D eigenvalue weighted by Crippen LogP contribution is -2.44. The number of sulfonamides is 1. The maximum Gasteiger partial charge on any atom is 0.303 e. The van der Waals surface area contributed by atoms with Gasteiger partial charge in [0.2, 0.25) is 5.88 Å².